The van der Waals surface area contributed by atoms with E-state index in [4.69, 9.17) is 9.47 Å². The Bertz CT molecular complexity index is 989. The highest BCUT2D eigenvalue weighted by Crippen LogP contribution is 2.38. The lowest BCUT2D eigenvalue weighted by molar-refractivity contribution is 0.101. The van der Waals surface area contributed by atoms with Gasteiger partial charge in [-0.05, 0) is 47.7 Å². The van der Waals surface area contributed by atoms with E-state index in [1.807, 2.05) is 30.5 Å². The number of thiophene rings is 1. The predicted octanol–water partition coefficient (Wildman–Crippen LogP) is 5.39. The minimum absolute atomic E-state index is 0.115. The van der Waals surface area contributed by atoms with Crippen LogP contribution in [-0.4, -0.2) is 5.78 Å². The summed E-state index contributed by atoms with van der Waals surface area (Å²) in [5, 5.41) is 1.95. The Hall–Kier alpha value is -2.92. The summed E-state index contributed by atoms with van der Waals surface area (Å²) in [5.41, 5.74) is 2.23. The summed E-state index contributed by atoms with van der Waals surface area (Å²) in [6, 6.07) is 13.6. The molecular formula is C21H15FO3S. The molecule has 5 heteroatoms. The second-order valence-electron chi connectivity index (χ2n) is 5.98. The van der Waals surface area contributed by atoms with Crippen molar-refractivity contribution in [1.29, 1.82) is 0 Å². The molecule has 3 nitrogen and oxygen atoms in total. The van der Waals surface area contributed by atoms with Gasteiger partial charge >= 0.3 is 0 Å². The fraction of sp³-hybridized carbons (Fsp3) is 0.0952. The Labute approximate surface area is 154 Å². The van der Waals surface area contributed by atoms with Crippen molar-refractivity contribution in [3.05, 3.63) is 87.1 Å². The van der Waals surface area contributed by atoms with Crippen LogP contribution in [-0.2, 0) is 6.61 Å². The Kier molecular flexibility index (Phi) is 4.31. The molecule has 26 heavy (non-hydrogen) atoms. The number of carbonyl (C=O) groups excluding carboxylic acids is 1. The number of aryl methyl sites for hydroxylation is 1. The first kappa shape index (κ1) is 16.5. The molecule has 0 unspecified atom stereocenters. The van der Waals surface area contributed by atoms with Gasteiger partial charge in [0.15, 0.2) is 5.76 Å². The van der Waals surface area contributed by atoms with Crippen LogP contribution in [0.3, 0.4) is 0 Å². The SMILES string of the molecule is Cc1cc(OCc2ccc(F)cc2)cc2c1C(=O)/C(=C/c1cccs1)O2. The van der Waals surface area contributed by atoms with Crippen molar-refractivity contribution < 1.29 is 18.7 Å². The first-order valence-corrected chi connectivity index (χ1v) is 8.98. The molecule has 0 saturated carbocycles. The minimum Gasteiger partial charge on any atom is -0.489 e. The van der Waals surface area contributed by atoms with Crippen LogP contribution < -0.4 is 9.47 Å². The van der Waals surface area contributed by atoms with Gasteiger partial charge in [0.2, 0.25) is 5.78 Å². The zero-order valence-electron chi connectivity index (χ0n) is 14.0. The first-order valence-electron chi connectivity index (χ1n) is 8.10. The number of fused-ring (bicyclic) bond motifs is 1. The van der Waals surface area contributed by atoms with E-state index in [0.717, 1.165) is 16.0 Å². The van der Waals surface area contributed by atoms with Crippen molar-refractivity contribution in [3.8, 4) is 11.5 Å². The highest BCUT2D eigenvalue weighted by atomic mass is 32.1. The number of rotatable bonds is 4. The summed E-state index contributed by atoms with van der Waals surface area (Å²) in [5.74, 6) is 1.04. The number of hydrogen-bond donors (Lipinski definition) is 0. The maximum Gasteiger partial charge on any atom is 0.232 e. The van der Waals surface area contributed by atoms with Gasteiger partial charge in [-0.15, -0.1) is 11.3 Å². The molecule has 0 bridgehead atoms. The molecule has 0 amide bonds. The lowest BCUT2D eigenvalue weighted by atomic mass is 10.0. The average molecular weight is 366 g/mol. The molecule has 1 aromatic heterocycles. The van der Waals surface area contributed by atoms with Crippen LogP contribution in [0.15, 0.2) is 59.7 Å². The van der Waals surface area contributed by atoms with E-state index in [-0.39, 0.29) is 11.6 Å². The molecule has 2 heterocycles. The van der Waals surface area contributed by atoms with Gasteiger partial charge in [0.05, 0.1) is 5.56 Å². The molecular weight excluding hydrogens is 351 g/mol. The number of Topliss-reactive ketones (excluding diaryl/α,β-unsaturated/α-hetero) is 1. The molecule has 3 aromatic rings. The van der Waals surface area contributed by atoms with Crippen LogP contribution in [0, 0.1) is 12.7 Å². The maximum atomic E-state index is 13.0. The number of halogens is 1. The summed E-state index contributed by atoms with van der Waals surface area (Å²) in [4.78, 5) is 13.6. The van der Waals surface area contributed by atoms with Gasteiger partial charge < -0.3 is 9.47 Å². The van der Waals surface area contributed by atoms with E-state index >= 15 is 0 Å². The highest BCUT2D eigenvalue weighted by Gasteiger charge is 2.30. The zero-order chi connectivity index (χ0) is 18.1. The molecule has 0 saturated heterocycles. The molecule has 2 aromatic carbocycles. The van der Waals surface area contributed by atoms with Crippen molar-refractivity contribution in [3.63, 3.8) is 0 Å². The Balaban J connectivity index is 1.56. The maximum absolute atomic E-state index is 13.0. The van der Waals surface area contributed by atoms with Crippen LogP contribution in [0.4, 0.5) is 4.39 Å². The smallest absolute Gasteiger partial charge is 0.232 e. The molecule has 1 aliphatic heterocycles. The predicted molar refractivity (Wildman–Crippen MR) is 99.2 cm³/mol. The standard InChI is InChI=1S/C21H15FO3S/c1-13-9-16(24-12-14-4-6-15(22)7-5-14)10-18-20(13)21(23)19(25-18)11-17-3-2-8-26-17/h2-11H,12H2,1H3/b19-11-. The van der Waals surface area contributed by atoms with E-state index in [1.54, 1.807) is 35.6 Å². The number of allylic oxidation sites excluding steroid dienone is 1. The summed E-state index contributed by atoms with van der Waals surface area (Å²) in [7, 11) is 0. The number of ether oxygens (including phenoxy) is 2. The third-order valence-corrected chi connectivity index (χ3v) is 4.90. The number of carbonyl (C=O) groups is 1. The Morgan fingerprint density at radius 2 is 2.00 bits per heavy atom. The van der Waals surface area contributed by atoms with Crippen molar-refractivity contribution in [2.24, 2.45) is 0 Å². The fourth-order valence-electron chi connectivity index (χ4n) is 2.81. The molecule has 0 radical (unpaired) electrons. The van der Waals surface area contributed by atoms with Crippen molar-refractivity contribution in [1.82, 2.24) is 0 Å². The molecule has 0 aliphatic carbocycles. The van der Waals surface area contributed by atoms with E-state index in [1.165, 1.54) is 12.1 Å². The fourth-order valence-corrected chi connectivity index (χ4v) is 3.46. The lowest BCUT2D eigenvalue weighted by Crippen LogP contribution is -1.99. The molecule has 0 spiro atoms. The number of ketones is 1. The quantitative estimate of drug-likeness (QED) is 0.581. The van der Waals surface area contributed by atoms with Gasteiger partial charge in [0.25, 0.3) is 0 Å². The normalized spacial score (nSPS) is 14.4. The van der Waals surface area contributed by atoms with Gasteiger partial charge in [0.1, 0.15) is 23.9 Å². The summed E-state index contributed by atoms with van der Waals surface area (Å²) >= 11 is 1.54. The van der Waals surface area contributed by atoms with Crippen molar-refractivity contribution in [2.75, 3.05) is 0 Å². The van der Waals surface area contributed by atoms with Crippen LogP contribution in [0.1, 0.15) is 26.4 Å². The van der Waals surface area contributed by atoms with E-state index < -0.39 is 0 Å². The van der Waals surface area contributed by atoms with Gasteiger partial charge in [-0.1, -0.05) is 18.2 Å². The third-order valence-electron chi connectivity index (χ3n) is 4.08. The molecule has 0 atom stereocenters. The summed E-state index contributed by atoms with van der Waals surface area (Å²) in [6.07, 6.45) is 1.76. The van der Waals surface area contributed by atoms with Crippen LogP contribution in [0.25, 0.3) is 6.08 Å². The van der Waals surface area contributed by atoms with E-state index in [0.29, 0.717) is 29.4 Å². The number of hydrogen-bond acceptors (Lipinski definition) is 4. The molecule has 1 aliphatic rings. The molecule has 130 valence electrons. The van der Waals surface area contributed by atoms with Crippen molar-refractivity contribution >= 4 is 23.2 Å². The van der Waals surface area contributed by atoms with Gasteiger partial charge in [-0.25, -0.2) is 4.39 Å². The lowest BCUT2D eigenvalue weighted by Gasteiger charge is -2.09. The molecule has 0 N–H and O–H groups in total. The van der Waals surface area contributed by atoms with Crippen molar-refractivity contribution in [2.45, 2.75) is 13.5 Å². The largest absolute Gasteiger partial charge is 0.489 e. The van der Waals surface area contributed by atoms with Gasteiger partial charge in [0, 0.05) is 17.0 Å². The monoisotopic (exact) mass is 366 g/mol. The first-order chi connectivity index (χ1) is 12.6. The van der Waals surface area contributed by atoms with E-state index in [9.17, 15) is 9.18 Å². The second kappa shape index (κ2) is 6.77. The van der Waals surface area contributed by atoms with Crippen LogP contribution in [0.2, 0.25) is 0 Å². The average Bonchev–Trinajstić information content (AvgIpc) is 3.23. The summed E-state index contributed by atoms with van der Waals surface area (Å²) < 4.78 is 24.5. The highest BCUT2D eigenvalue weighted by molar-refractivity contribution is 7.10. The molecule has 0 fully saturated rings. The zero-order valence-corrected chi connectivity index (χ0v) is 14.8. The Morgan fingerprint density at radius 3 is 2.73 bits per heavy atom. The Morgan fingerprint density at radius 1 is 1.19 bits per heavy atom. The summed E-state index contributed by atoms with van der Waals surface area (Å²) in [6.45, 7) is 2.17. The van der Waals surface area contributed by atoms with Gasteiger partial charge in [-0.3, -0.25) is 4.79 Å². The van der Waals surface area contributed by atoms with Gasteiger partial charge in [-0.2, -0.15) is 0 Å². The molecule has 4 rings (SSSR count). The second-order valence-corrected chi connectivity index (χ2v) is 6.96. The van der Waals surface area contributed by atoms with Crippen LogP contribution >= 0.6 is 11.3 Å². The van der Waals surface area contributed by atoms with E-state index in [2.05, 4.69) is 0 Å². The third kappa shape index (κ3) is 3.26. The number of benzene rings is 2. The van der Waals surface area contributed by atoms with Crippen LogP contribution in [0.5, 0.6) is 11.5 Å². The topological polar surface area (TPSA) is 35.5 Å². The minimum atomic E-state index is -0.279.